The second kappa shape index (κ2) is 6.52. The van der Waals surface area contributed by atoms with E-state index in [4.69, 9.17) is 14.0 Å². The van der Waals surface area contributed by atoms with E-state index in [0.29, 0.717) is 36.4 Å². The molecule has 2 aromatic heterocycles. The maximum atomic E-state index is 12.1. The molecule has 1 amide bonds. The number of aryl methyl sites for hydroxylation is 1. The SMILES string of the molecule is Cc1noc(CNC(=O)c2ccnc(O[C@H]3CCOC3)c2)n1. The summed E-state index contributed by atoms with van der Waals surface area (Å²) in [5, 5.41) is 6.37. The molecule has 0 unspecified atom stereocenters. The Morgan fingerprint density at radius 2 is 2.45 bits per heavy atom. The molecule has 3 heterocycles. The van der Waals surface area contributed by atoms with Gasteiger partial charge in [-0.1, -0.05) is 5.16 Å². The van der Waals surface area contributed by atoms with Gasteiger partial charge >= 0.3 is 0 Å². The van der Waals surface area contributed by atoms with Gasteiger partial charge in [0, 0.05) is 24.2 Å². The van der Waals surface area contributed by atoms with Crippen molar-refractivity contribution in [2.24, 2.45) is 0 Å². The minimum Gasteiger partial charge on any atom is -0.472 e. The Morgan fingerprint density at radius 3 is 3.18 bits per heavy atom. The summed E-state index contributed by atoms with van der Waals surface area (Å²) in [5.74, 6) is 1.05. The third-order valence-electron chi connectivity index (χ3n) is 3.14. The number of carbonyl (C=O) groups is 1. The number of amides is 1. The van der Waals surface area contributed by atoms with Gasteiger partial charge in [-0.25, -0.2) is 4.98 Å². The van der Waals surface area contributed by atoms with Crippen molar-refractivity contribution in [2.75, 3.05) is 13.2 Å². The van der Waals surface area contributed by atoms with Crippen molar-refractivity contribution < 1.29 is 18.8 Å². The molecule has 0 saturated carbocycles. The molecule has 2 aromatic rings. The molecule has 0 aromatic carbocycles. The number of hydrogen-bond acceptors (Lipinski definition) is 7. The number of ether oxygens (including phenoxy) is 2. The average molecular weight is 304 g/mol. The van der Waals surface area contributed by atoms with Crippen LogP contribution in [0.25, 0.3) is 0 Å². The van der Waals surface area contributed by atoms with Crippen LogP contribution in [0.2, 0.25) is 0 Å². The van der Waals surface area contributed by atoms with Gasteiger partial charge in [0.25, 0.3) is 5.91 Å². The van der Waals surface area contributed by atoms with Crippen molar-refractivity contribution in [1.29, 1.82) is 0 Å². The number of nitrogens with zero attached hydrogens (tertiary/aromatic N) is 3. The fourth-order valence-corrected chi connectivity index (χ4v) is 2.06. The van der Waals surface area contributed by atoms with Crippen LogP contribution in [-0.4, -0.2) is 40.3 Å². The molecule has 22 heavy (non-hydrogen) atoms. The predicted octanol–water partition coefficient (Wildman–Crippen LogP) is 0.871. The van der Waals surface area contributed by atoms with Crippen LogP contribution in [0.15, 0.2) is 22.9 Å². The quantitative estimate of drug-likeness (QED) is 0.874. The van der Waals surface area contributed by atoms with Gasteiger partial charge < -0.3 is 19.3 Å². The lowest BCUT2D eigenvalue weighted by atomic mass is 10.2. The van der Waals surface area contributed by atoms with E-state index < -0.39 is 0 Å². The normalized spacial score (nSPS) is 17.4. The zero-order valence-corrected chi connectivity index (χ0v) is 12.1. The molecule has 1 aliphatic heterocycles. The Balaban J connectivity index is 1.59. The number of carbonyl (C=O) groups excluding carboxylic acids is 1. The van der Waals surface area contributed by atoms with Gasteiger partial charge in [0.15, 0.2) is 5.82 Å². The first-order valence-electron chi connectivity index (χ1n) is 6.98. The number of nitrogens with one attached hydrogen (secondary N) is 1. The largest absolute Gasteiger partial charge is 0.472 e. The molecule has 1 saturated heterocycles. The summed E-state index contributed by atoms with van der Waals surface area (Å²) in [6.07, 6.45) is 2.36. The van der Waals surface area contributed by atoms with E-state index in [0.717, 1.165) is 6.42 Å². The van der Waals surface area contributed by atoms with Crippen molar-refractivity contribution >= 4 is 5.91 Å². The van der Waals surface area contributed by atoms with Gasteiger partial charge in [-0.15, -0.1) is 0 Å². The summed E-state index contributed by atoms with van der Waals surface area (Å²) in [5.41, 5.74) is 0.458. The molecular weight excluding hydrogens is 288 g/mol. The highest BCUT2D eigenvalue weighted by molar-refractivity contribution is 5.94. The van der Waals surface area contributed by atoms with Gasteiger partial charge in [-0.2, -0.15) is 4.98 Å². The van der Waals surface area contributed by atoms with Gasteiger partial charge in [-0.3, -0.25) is 4.79 Å². The van der Waals surface area contributed by atoms with Crippen molar-refractivity contribution in [3.8, 4) is 5.88 Å². The lowest BCUT2D eigenvalue weighted by molar-refractivity contribution is 0.0944. The van der Waals surface area contributed by atoms with Crippen molar-refractivity contribution in [3.05, 3.63) is 35.6 Å². The lowest BCUT2D eigenvalue weighted by Crippen LogP contribution is -2.23. The molecule has 1 N–H and O–H groups in total. The fourth-order valence-electron chi connectivity index (χ4n) is 2.06. The Bertz CT molecular complexity index is 652. The van der Waals surface area contributed by atoms with E-state index in [9.17, 15) is 4.79 Å². The van der Waals surface area contributed by atoms with Crippen LogP contribution < -0.4 is 10.1 Å². The van der Waals surface area contributed by atoms with E-state index in [2.05, 4.69) is 20.4 Å². The molecule has 1 atom stereocenters. The van der Waals surface area contributed by atoms with E-state index in [-0.39, 0.29) is 18.6 Å². The summed E-state index contributed by atoms with van der Waals surface area (Å²) in [6.45, 7) is 3.13. The second-order valence-corrected chi connectivity index (χ2v) is 4.90. The first kappa shape index (κ1) is 14.5. The summed E-state index contributed by atoms with van der Waals surface area (Å²) >= 11 is 0. The molecule has 0 bridgehead atoms. The highest BCUT2D eigenvalue weighted by Crippen LogP contribution is 2.15. The summed E-state index contributed by atoms with van der Waals surface area (Å²) < 4.78 is 15.9. The fraction of sp³-hybridized carbons (Fsp3) is 0.429. The van der Waals surface area contributed by atoms with Crippen molar-refractivity contribution in [3.63, 3.8) is 0 Å². The van der Waals surface area contributed by atoms with Gasteiger partial charge in [0.05, 0.1) is 19.8 Å². The molecule has 3 rings (SSSR count). The summed E-state index contributed by atoms with van der Waals surface area (Å²) in [7, 11) is 0. The monoisotopic (exact) mass is 304 g/mol. The molecule has 0 spiro atoms. The van der Waals surface area contributed by atoms with Crippen LogP contribution in [0, 0.1) is 6.92 Å². The van der Waals surface area contributed by atoms with Crippen LogP contribution >= 0.6 is 0 Å². The molecular formula is C14H16N4O4. The highest BCUT2D eigenvalue weighted by Gasteiger charge is 2.18. The minimum absolute atomic E-state index is 0.00724. The van der Waals surface area contributed by atoms with E-state index in [1.165, 1.54) is 6.20 Å². The van der Waals surface area contributed by atoms with Crippen molar-refractivity contribution in [1.82, 2.24) is 20.4 Å². The molecule has 116 valence electrons. The van der Waals surface area contributed by atoms with Crippen molar-refractivity contribution in [2.45, 2.75) is 26.0 Å². The van der Waals surface area contributed by atoms with E-state index in [1.54, 1.807) is 19.1 Å². The third kappa shape index (κ3) is 3.59. The topological polar surface area (TPSA) is 99.4 Å². The van der Waals surface area contributed by atoms with Crippen LogP contribution in [0.1, 0.15) is 28.5 Å². The number of pyridine rings is 1. The zero-order valence-electron chi connectivity index (χ0n) is 12.1. The molecule has 8 heteroatoms. The number of aromatic nitrogens is 3. The predicted molar refractivity (Wildman–Crippen MR) is 74.3 cm³/mol. The first-order valence-corrected chi connectivity index (χ1v) is 6.98. The third-order valence-corrected chi connectivity index (χ3v) is 3.14. The Labute approximate surface area is 126 Å². The molecule has 1 aliphatic rings. The standard InChI is InChI=1S/C14H16N4O4/c1-9-17-13(22-18-9)7-16-14(19)10-2-4-15-12(6-10)21-11-3-5-20-8-11/h2,4,6,11H,3,5,7-8H2,1H3,(H,16,19)/t11-/m0/s1. The minimum atomic E-state index is -0.259. The van der Waals surface area contributed by atoms with Crippen LogP contribution in [-0.2, 0) is 11.3 Å². The smallest absolute Gasteiger partial charge is 0.251 e. The Hall–Kier alpha value is -2.48. The van der Waals surface area contributed by atoms with E-state index >= 15 is 0 Å². The van der Waals surface area contributed by atoms with Crippen LogP contribution in [0.3, 0.4) is 0 Å². The molecule has 1 fully saturated rings. The lowest BCUT2D eigenvalue weighted by Gasteiger charge is -2.11. The molecule has 0 radical (unpaired) electrons. The maximum Gasteiger partial charge on any atom is 0.251 e. The highest BCUT2D eigenvalue weighted by atomic mass is 16.5. The molecule has 0 aliphatic carbocycles. The summed E-state index contributed by atoms with van der Waals surface area (Å²) in [4.78, 5) is 20.2. The first-order chi connectivity index (χ1) is 10.7. The number of rotatable bonds is 5. The second-order valence-electron chi connectivity index (χ2n) is 4.90. The summed E-state index contributed by atoms with van der Waals surface area (Å²) in [6, 6.07) is 3.22. The average Bonchev–Trinajstić information content (AvgIpc) is 3.17. The Kier molecular flexibility index (Phi) is 4.29. The van der Waals surface area contributed by atoms with E-state index in [1.807, 2.05) is 0 Å². The number of hydrogen-bond donors (Lipinski definition) is 1. The molecule has 8 nitrogen and oxygen atoms in total. The van der Waals surface area contributed by atoms with Gasteiger partial charge in [0.2, 0.25) is 11.8 Å². The van der Waals surface area contributed by atoms with Crippen LogP contribution in [0.4, 0.5) is 0 Å². The zero-order chi connectivity index (χ0) is 15.4. The Morgan fingerprint density at radius 1 is 1.55 bits per heavy atom. The van der Waals surface area contributed by atoms with Gasteiger partial charge in [0.1, 0.15) is 6.10 Å². The van der Waals surface area contributed by atoms with Crippen LogP contribution in [0.5, 0.6) is 5.88 Å². The maximum absolute atomic E-state index is 12.1. The van der Waals surface area contributed by atoms with Gasteiger partial charge in [-0.05, 0) is 13.0 Å².